The molecule has 5 aromatic rings. The predicted octanol–water partition coefficient (Wildman–Crippen LogP) is 3.77. The van der Waals surface area contributed by atoms with Crippen LogP contribution in [0.15, 0.2) is 65.2 Å². The molecule has 43 heavy (non-hydrogen) atoms. The smallest absolute Gasteiger partial charge is 0.279 e. The number of benzene rings is 1. The zero-order chi connectivity index (χ0) is 30.1. The second-order valence-electron chi connectivity index (χ2n) is 10.1. The van der Waals surface area contributed by atoms with Crippen molar-refractivity contribution in [2.75, 3.05) is 31.5 Å². The molecule has 0 unspecified atom stereocenters. The number of nitrogens with one attached hydrogen (secondary N) is 2. The second-order valence-corrected chi connectivity index (χ2v) is 11.0. The predicted molar refractivity (Wildman–Crippen MR) is 160 cm³/mol. The number of rotatable bonds is 10. The third-order valence-corrected chi connectivity index (χ3v) is 8.19. The minimum Gasteiger partial charge on any atom is -0.497 e. The lowest BCUT2D eigenvalue weighted by molar-refractivity contribution is 0.00725. The van der Waals surface area contributed by atoms with Gasteiger partial charge in [0.15, 0.2) is 5.65 Å². The number of nitrogens with zero attached hydrogens (tertiary/aromatic N) is 6. The molecule has 1 aliphatic rings. The van der Waals surface area contributed by atoms with Crippen molar-refractivity contribution in [2.24, 2.45) is 0 Å². The van der Waals surface area contributed by atoms with Crippen LogP contribution >= 0.6 is 11.3 Å². The van der Waals surface area contributed by atoms with E-state index < -0.39 is 11.9 Å². The van der Waals surface area contributed by atoms with E-state index in [1.165, 1.54) is 20.4 Å². The van der Waals surface area contributed by atoms with Crippen LogP contribution in [0.5, 0.6) is 5.75 Å². The quantitative estimate of drug-likeness (QED) is 0.245. The summed E-state index contributed by atoms with van der Waals surface area (Å²) in [4.78, 5) is 37.1. The summed E-state index contributed by atoms with van der Waals surface area (Å²) in [6.45, 7) is 0.423. The summed E-state index contributed by atoms with van der Waals surface area (Å²) in [7, 11) is 5.00. The van der Waals surface area contributed by atoms with Crippen LogP contribution in [0.25, 0.3) is 10.6 Å². The Morgan fingerprint density at radius 2 is 2.02 bits per heavy atom. The zero-order valence-corrected chi connectivity index (χ0v) is 24.5. The fraction of sp³-hybridized carbons (Fsp3) is 0.276. The van der Waals surface area contributed by atoms with Crippen molar-refractivity contribution < 1.29 is 18.7 Å². The van der Waals surface area contributed by atoms with Gasteiger partial charge in [-0.15, -0.1) is 16.4 Å². The molecule has 1 amide bonds. The Hall–Kier alpha value is -4.82. The van der Waals surface area contributed by atoms with Gasteiger partial charge in [0.1, 0.15) is 33.6 Å². The molecular weight excluding hydrogens is 575 g/mol. The number of methoxy groups -OCH3 is 2. The molecule has 2 N–H and O–H groups in total. The van der Waals surface area contributed by atoms with Gasteiger partial charge in [-0.1, -0.05) is 12.1 Å². The highest BCUT2D eigenvalue weighted by molar-refractivity contribution is 7.12. The van der Waals surface area contributed by atoms with Crippen LogP contribution in [0.1, 0.15) is 28.8 Å². The lowest BCUT2D eigenvalue weighted by Crippen LogP contribution is -2.51. The van der Waals surface area contributed by atoms with Gasteiger partial charge in [-0.3, -0.25) is 19.1 Å². The van der Waals surface area contributed by atoms with Crippen molar-refractivity contribution in [1.29, 1.82) is 0 Å². The van der Waals surface area contributed by atoms with Crippen LogP contribution in [-0.2, 0) is 11.3 Å². The number of amides is 1. The number of anilines is 3. The number of carbonyl (C=O) groups is 1. The molecule has 12 nitrogen and oxygen atoms in total. The molecule has 0 spiro atoms. The van der Waals surface area contributed by atoms with E-state index in [2.05, 4.69) is 25.7 Å². The highest BCUT2D eigenvalue weighted by Crippen LogP contribution is 2.28. The molecule has 0 aliphatic heterocycles. The van der Waals surface area contributed by atoms with E-state index in [9.17, 15) is 9.59 Å². The molecule has 1 aromatic carbocycles. The van der Waals surface area contributed by atoms with Crippen LogP contribution in [0, 0.1) is 5.95 Å². The van der Waals surface area contributed by atoms with Crippen LogP contribution in [-0.4, -0.2) is 63.5 Å². The first kappa shape index (κ1) is 28.3. The molecule has 0 radical (unpaired) electrons. The molecule has 2 atom stereocenters. The van der Waals surface area contributed by atoms with Gasteiger partial charge in [0, 0.05) is 33.0 Å². The van der Waals surface area contributed by atoms with Gasteiger partial charge < -0.3 is 25.0 Å². The molecule has 14 heteroatoms. The molecule has 4 heterocycles. The molecule has 0 bridgehead atoms. The van der Waals surface area contributed by atoms with Gasteiger partial charge >= 0.3 is 0 Å². The summed E-state index contributed by atoms with van der Waals surface area (Å²) in [6, 6.07) is 12.3. The van der Waals surface area contributed by atoms with Crippen molar-refractivity contribution in [1.82, 2.24) is 29.5 Å². The maximum Gasteiger partial charge on any atom is 0.279 e. The lowest BCUT2D eigenvalue weighted by Gasteiger charge is -2.35. The first-order chi connectivity index (χ1) is 20.9. The summed E-state index contributed by atoms with van der Waals surface area (Å²) in [5.41, 5.74) is 2.22. The molecule has 1 aliphatic carbocycles. The highest BCUT2D eigenvalue weighted by atomic mass is 32.1. The largest absolute Gasteiger partial charge is 0.497 e. The maximum absolute atomic E-state index is 15.4. The average Bonchev–Trinajstić information content (AvgIpc) is 3.64. The minimum absolute atomic E-state index is 0.00332. The number of aromatic nitrogens is 5. The Bertz CT molecular complexity index is 1820. The topological polar surface area (TPSA) is 128 Å². The molecule has 1 saturated carbocycles. The standard InChI is InChI=1S/C29H29FN8O4S/c1-36(15-17-6-8-18(41-2)9-7-17)23-13-22(32-20-5-4-12-37(29(20)40)24-14-31-16-43-24)34-27-25(26(30)35-38(23)27)28(39)33-19-10-11-21(19)42-3/h4-9,12-14,16,19,21H,10-11,15H2,1-3H3,(H,32,34)(H,33,39)/t19-,21-/m1/s1. The van der Waals surface area contributed by atoms with Gasteiger partial charge in [0.2, 0.25) is 5.95 Å². The summed E-state index contributed by atoms with van der Waals surface area (Å²) >= 11 is 1.32. The Balaban J connectivity index is 1.41. The Morgan fingerprint density at radius 3 is 2.70 bits per heavy atom. The summed E-state index contributed by atoms with van der Waals surface area (Å²) in [6.07, 6.45) is 4.64. The Labute approximate surface area is 249 Å². The third kappa shape index (κ3) is 5.53. The normalized spacial score (nSPS) is 16.1. The fourth-order valence-electron chi connectivity index (χ4n) is 4.98. The lowest BCUT2D eigenvalue weighted by atomic mass is 9.89. The second kappa shape index (κ2) is 11.8. The monoisotopic (exact) mass is 604 g/mol. The number of pyridine rings is 1. The average molecular weight is 605 g/mol. The summed E-state index contributed by atoms with van der Waals surface area (Å²) < 4.78 is 28.8. The fourth-order valence-corrected chi connectivity index (χ4v) is 5.59. The number of thiazole rings is 1. The van der Waals surface area contributed by atoms with E-state index >= 15 is 4.39 Å². The molecular formula is C29H29FN8O4S. The highest BCUT2D eigenvalue weighted by Gasteiger charge is 2.34. The number of carbonyl (C=O) groups excluding carboxylic acids is 1. The molecule has 222 valence electrons. The van der Waals surface area contributed by atoms with E-state index in [0.717, 1.165) is 24.2 Å². The number of fused-ring (bicyclic) bond motifs is 1. The number of hydrogen-bond acceptors (Lipinski definition) is 10. The molecule has 6 rings (SSSR count). The van der Waals surface area contributed by atoms with Gasteiger partial charge in [-0.25, -0.2) is 4.98 Å². The maximum atomic E-state index is 15.4. The first-order valence-electron chi connectivity index (χ1n) is 13.5. The third-order valence-electron chi connectivity index (χ3n) is 7.42. The van der Waals surface area contributed by atoms with Gasteiger partial charge in [0.05, 0.1) is 31.0 Å². The Morgan fingerprint density at radius 1 is 1.21 bits per heavy atom. The minimum atomic E-state index is -0.957. The number of halogens is 1. The van der Waals surface area contributed by atoms with Gasteiger partial charge in [0.25, 0.3) is 11.5 Å². The van der Waals surface area contributed by atoms with E-state index in [0.29, 0.717) is 17.4 Å². The molecule has 1 fully saturated rings. The van der Waals surface area contributed by atoms with Crippen LogP contribution in [0.3, 0.4) is 0 Å². The SMILES string of the molecule is COc1ccc(CN(C)c2cc(Nc3cccn(-c4cncs4)c3=O)nc3c(C(=O)N[C@@H]4CC[C@H]4OC)c(F)nn23)cc1. The summed E-state index contributed by atoms with van der Waals surface area (Å²) in [5.74, 6) is -0.196. The van der Waals surface area contributed by atoms with E-state index in [1.54, 1.807) is 50.3 Å². The summed E-state index contributed by atoms with van der Waals surface area (Å²) in [5, 5.41) is 10.6. The number of hydrogen-bond donors (Lipinski definition) is 2. The molecule has 4 aromatic heterocycles. The van der Waals surface area contributed by atoms with Crippen LogP contribution in [0.2, 0.25) is 0 Å². The van der Waals surface area contributed by atoms with E-state index in [4.69, 9.17) is 9.47 Å². The van der Waals surface area contributed by atoms with Gasteiger partial charge in [-0.2, -0.15) is 8.91 Å². The van der Waals surface area contributed by atoms with E-state index in [1.807, 2.05) is 36.2 Å². The first-order valence-corrected chi connectivity index (χ1v) is 14.4. The number of ether oxygens (including phenoxy) is 2. The van der Waals surface area contributed by atoms with Crippen LogP contribution in [0.4, 0.5) is 21.7 Å². The Kier molecular flexibility index (Phi) is 7.78. The molecule has 0 saturated heterocycles. The van der Waals surface area contributed by atoms with Crippen molar-refractivity contribution in [3.8, 4) is 10.8 Å². The van der Waals surface area contributed by atoms with Crippen molar-refractivity contribution in [3.63, 3.8) is 0 Å². The zero-order valence-electron chi connectivity index (χ0n) is 23.7. The van der Waals surface area contributed by atoms with E-state index in [-0.39, 0.29) is 40.4 Å². The van der Waals surface area contributed by atoms with Crippen molar-refractivity contribution in [2.45, 2.75) is 31.5 Å². The van der Waals surface area contributed by atoms with Gasteiger partial charge in [-0.05, 0) is 42.7 Å². The van der Waals surface area contributed by atoms with Crippen LogP contribution < -0.4 is 25.8 Å². The van der Waals surface area contributed by atoms with Crippen molar-refractivity contribution in [3.05, 3.63) is 87.8 Å². The van der Waals surface area contributed by atoms with Crippen molar-refractivity contribution >= 4 is 40.2 Å².